The molecule has 80 heavy (non-hydrogen) atoms. The number of hydrogen-bond acceptors (Lipinski definition) is 17. The second kappa shape index (κ2) is 36.7. The molecule has 0 fully saturated rings. The molecular formula is C51H88N12O15S2. The molecule has 0 aromatic rings. The van der Waals surface area contributed by atoms with Crippen molar-refractivity contribution in [3.05, 3.63) is 0 Å². The number of carbonyl (C=O) groups is 14. The summed E-state index contributed by atoms with van der Waals surface area (Å²) in [4.78, 5) is 188. The van der Waals surface area contributed by atoms with E-state index in [9.17, 15) is 67.1 Å². The standard InChI is InChI=1S/C51H88N12O15S2/c1-33(2)50(76)37(7)53-39(65)22-54(8)41(67)24-56(10)43(69)26-58(12)45(71)28-60(14)47(73)30-62(16)49(75)31-63(17)48(74)29-61(15)46(72)27-59(13)44(70)25-57(11)42(68)23-55(9)40(66)20-21-52-38(64)19-18-35(5)79-80-36(6)32-78-51(77)34(3)4/h33-37H,18-32H2,1-17H3,(H,52,64)(H,53,65)/t35?,36?,37-/m0/s1. The van der Waals surface area contributed by atoms with Crippen molar-refractivity contribution in [2.75, 3.05) is 149 Å². The maximum atomic E-state index is 13.0. The summed E-state index contributed by atoms with van der Waals surface area (Å²) in [7, 11) is 16.6. The van der Waals surface area contributed by atoms with Crippen molar-refractivity contribution in [2.45, 2.75) is 84.3 Å². The van der Waals surface area contributed by atoms with Gasteiger partial charge in [0.15, 0.2) is 5.78 Å². The Morgan fingerprint density at radius 1 is 0.362 bits per heavy atom. The van der Waals surface area contributed by atoms with Gasteiger partial charge in [-0.15, -0.1) is 0 Å². The minimum Gasteiger partial charge on any atom is -0.464 e. The number of carbonyl (C=O) groups excluding carboxylic acids is 14. The first-order valence-electron chi connectivity index (χ1n) is 26.0. The van der Waals surface area contributed by atoms with Crippen LogP contribution in [0.2, 0.25) is 0 Å². The zero-order valence-electron chi connectivity index (χ0n) is 49.9. The summed E-state index contributed by atoms with van der Waals surface area (Å²) in [5.41, 5.74) is 0. The van der Waals surface area contributed by atoms with Crippen molar-refractivity contribution in [3.8, 4) is 0 Å². The summed E-state index contributed by atoms with van der Waals surface area (Å²) in [6, 6.07) is -0.741. The average molecular weight is 1170 g/mol. The summed E-state index contributed by atoms with van der Waals surface area (Å²) in [6.45, 7) is 8.47. The number of likely N-dealkylation sites (N-methyl/N-ethyl adjacent to an activating group) is 10. The fourth-order valence-corrected chi connectivity index (χ4v) is 8.73. The SMILES string of the molecule is CC(CCC(=O)NCCC(=O)N(C)CC(=O)N(C)CC(=O)N(C)CC(=O)N(C)CC(=O)N(C)CC(=O)N(C)CC(=O)N(C)CC(=O)N(C)CC(=O)N(C)CC(=O)N(C)CC(=O)N[C@@H](C)C(=O)C(C)C)SSC(C)COC(=O)C(C)C. The lowest BCUT2D eigenvalue weighted by molar-refractivity contribution is -0.147. The van der Waals surface area contributed by atoms with Crippen LogP contribution in [0.1, 0.15) is 67.7 Å². The van der Waals surface area contributed by atoms with E-state index < -0.39 is 123 Å². The molecule has 12 amide bonds. The predicted octanol–water partition coefficient (Wildman–Crippen LogP) is -2.06. The summed E-state index contributed by atoms with van der Waals surface area (Å²) < 4.78 is 5.26. The third-order valence-electron chi connectivity index (χ3n) is 12.1. The van der Waals surface area contributed by atoms with Gasteiger partial charge >= 0.3 is 5.97 Å². The number of amides is 12. The number of ether oxygens (including phenoxy) is 1. The van der Waals surface area contributed by atoms with Crippen LogP contribution < -0.4 is 10.6 Å². The third kappa shape index (κ3) is 29.1. The van der Waals surface area contributed by atoms with Crippen molar-refractivity contribution in [1.82, 2.24) is 59.6 Å². The number of nitrogens with one attached hydrogen (secondary N) is 2. The van der Waals surface area contributed by atoms with Gasteiger partial charge in [0, 0.05) is 106 Å². The molecule has 454 valence electrons. The molecule has 0 spiro atoms. The average Bonchev–Trinajstić information content (AvgIpc) is 3.37. The second-order valence-corrected chi connectivity index (χ2v) is 23.7. The van der Waals surface area contributed by atoms with Crippen LogP contribution in [0.4, 0.5) is 0 Å². The molecule has 0 heterocycles. The van der Waals surface area contributed by atoms with E-state index in [1.165, 1.54) is 75.4 Å². The highest BCUT2D eigenvalue weighted by molar-refractivity contribution is 8.77. The van der Waals surface area contributed by atoms with Gasteiger partial charge in [-0.3, -0.25) is 67.1 Å². The highest BCUT2D eigenvalue weighted by Crippen LogP contribution is 2.33. The lowest BCUT2D eigenvalue weighted by Gasteiger charge is -2.27. The van der Waals surface area contributed by atoms with Crippen LogP contribution in [0.15, 0.2) is 0 Å². The number of nitrogens with zero attached hydrogens (tertiary/aromatic N) is 10. The minimum absolute atomic E-state index is 0.0595. The van der Waals surface area contributed by atoms with E-state index in [2.05, 4.69) is 10.6 Å². The first-order chi connectivity index (χ1) is 37.0. The Bertz CT molecular complexity index is 2200. The molecule has 3 atom stereocenters. The lowest BCUT2D eigenvalue weighted by atomic mass is 10.0. The van der Waals surface area contributed by atoms with Crippen LogP contribution in [-0.2, 0) is 71.9 Å². The van der Waals surface area contributed by atoms with Crippen molar-refractivity contribution >= 4 is 104 Å². The Hall–Kier alpha value is -6.52. The zero-order valence-corrected chi connectivity index (χ0v) is 51.5. The fourth-order valence-electron chi connectivity index (χ4n) is 6.42. The van der Waals surface area contributed by atoms with Crippen LogP contribution in [0.25, 0.3) is 0 Å². The van der Waals surface area contributed by atoms with E-state index in [1.54, 1.807) is 56.2 Å². The van der Waals surface area contributed by atoms with Gasteiger partial charge in [0.1, 0.15) is 6.61 Å². The van der Waals surface area contributed by atoms with Gasteiger partial charge < -0.3 is 64.4 Å². The molecule has 2 unspecified atom stereocenters. The molecule has 0 aliphatic rings. The Morgan fingerprint density at radius 2 is 0.650 bits per heavy atom. The highest BCUT2D eigenvalue weighted by atomic mass is 33.1. The first kappa shape index (κ1) is 73.5. The van der Waals surface area contributed by atoms with E-state index in [-0.39, 0.29) is 72.5 Å². The van der Waals surface area contributed by atoms with Gasteiger partial charge in [-0.25, -0.2) is 0 Å². The molecule has 0 aliphatic carbocycles. The predicted molar refractivity (Wildman–Crippen MR) is 301 cm³/mol. The number of hydrogen-bond donors (Lipinski definition) is 2. The van der Waals surface area contributed by atoms with E-state index in [0.29, 0.717) is 13.0 Å². The number of Topliss-reactive ketones (excluding diaryl/α,β-unsaturated/α-hetero) is 1. The molecule has 0 saturated heterocycles. The fraction of sp³-hybridized carbons (Fsp3) is 0.725. The smallest absolute Gasteiger partial charge is 0.308 e. The molecule has 0 radical (unpaired) electrons. The number of ketones is 1. The van der Waals surface area contributed by atoms with Crippen molar-refractivity contribution in [2.24, 2.45) is 11.8 Å². The normalized spacial score (nSPS) is 11.9. The van der Waals surface area contributed by atoms with Crippen LogP contribution in [0.3, 0.4) is 0 Å². The van der Waals surface area contributed by atoms with E-state index in [4.69, 9.17) is 4.74 Å². The Balaban J connectivity index is 4.80. The van der Waals surface area contributed by atoms with Crippen LogP contribution in [0, 0.1) is 11.8 Å². The molecule has 0 aromatic carbocycles. The van der Waals surface area contributed by atoms with Crippen molar-refractivity contribution < 1.29 is 71.9 Å². The van der Waals surface area contributed by atoms with E-state index in [0.717, 1.165) is 44.1 Å². The monoisotopic (exact) mass is 1170 g/mol. The van der Waals surface area contributed by atoms with Crippen molar-refractivity contribution in [1.29, 1.82) is 0 Å². The second-order valence-electron chi connectivity index (χ2n) is 20.6. The van der Waals surface area contributed by atoms with E-state index in [1.807, 2.05) is 13.8 Å². The van der Waals surface area contributed by atoms with Gasteiger partial charge in [0.05, 0.1) is 77.4 Å². The number of esters is 1. The maximum absolute atomic E-state index is 13.0. The first-order valence-corrected chi connectivity index (χ1v) is 28.2. The van der Waals surface area contributed by atoms with Crippen molar-refractivity contribution in [3.63, 3.8) is 0 Å². The molecule has 0 rings (SSSR count). The van der Waals surface area contributed by atoms with Gasteiger partial charge in [-0.1, -0.05) is 56.2 Å². The molecule has 0 bridgehead atoms. The molecule has 0 aromatic heterocycles. The molecular weight excluding hydrogens is 1080 g/mol. The topological polar surface area (TPSA) is 305 Å². The maximum Gasteiger partial charge on any atom is 0.308 e. The third-order valence-corrected chi connectivity index (χ3v) is 15.6. The van der Waals surface area contributed by atoms with Gasteiger partial charge in [0.2, 0.25) is 70.9 Å². The van der Waals surface area contributed by atoms with Crippen LogP contribution in [0.5, 0.6) is 0 Å². The summed E-state index contributed by atoms with van der Waals surface area (Å²) >= 11 is 0. The van der Waals surface area contributed by atoms with Crippen LogP contribution >= 0.6 is 21.6 Å². The molecule has 0 aliphatic heterocycles. The quantitative estimate of drug-likeness (QED) is 0.0510. The molecule has 2 N–H and O–H groups in total. The Morgan fingerprint density at radius 3 is 0.950 bits per heavy atom. The lowest BCUT2D eigenvalue weighted by Crippen LogP contribution is -2.49. The molecule has 27 nitrogen and oxygen atoms in total. The summed E-state index contributed by atoms with van der Waals surface area (Å²) in [5.74, 6) is -7.63. The van der Waals surface area contributed by atoms with Gasteiger partial charge in [0.25, 0.3) is 0 Å². The summed E-state index contributed by atoms with van der Waals surface area (Å²) in [6.07, 6.45) is 0.785. The summed E-state index contributed by atoms with van der Waals surface area (Å²) in [5, 5.41) is 5.48. The molecule has 29 heteroatoms. The largest absolute Gasteiger partial charge is 0.464 e. The van der Waals surface area contributed by atoms with Gasteiger partial charge in [-0.2, -0.15) is 0 Å². The van der Waals surface area contributed by atoms with Crippen LogP contribution in [-0.4, -0.2) is 297 Å². The Kier molecular flexibility index (Phi) is 33.7. The van der Waals surface area contributed by atoms with E-state index >= 15 is 0 Å². The highest BCUT2D eigenvalue weighted by Gasteiger charge is 2.27. The molecule has 0 saturated carbocycles. The number of rotatable bonds is 35. The van der Waals surface area contributed by atoms with Gasteiger partial charge in [-0.05, 0) is 20.3 Å². The Labute approximate surface area is 479 Å². The minimum atomic E-state index is -0.741. The zero-order chi connectivity index (χ0) is 61.9.